The zero-order chi connectivity index (χ0) is 11.1. The minimum Gasteiger partial charge on any atom is -0.462 e. The van der Waals surface area contributed by atoms with Crippen LogP contribution >= 0.6 is 0 Å². The Morgan fingerprint density at radius 3 is 3.13 bits per heavy atom. The standard InChI is InChI=1S/C12H15NO2/c1-3-5-6-7-11-10(8-9-13-11)12(14)15-4-2/h1,8-9,13H,4-7H2,2H3. The van der Waals surface area contributed by atoms with Crippen molar-refractivity contribution in [2.24, 2.45) is 0 Å². The molecule has 3 heteroatoms. The van der Waals surface area contributed by atoms with Gasteiger partial charge in [0.2, 0.25) is 0 Å². The normalized spacial score (nSPS) is 9.60. The summed E-state index contributed by atoms with van der Waals surface area (Å²) in [5, 5.41) is 0. The number of H-pyrrole nitrogens is 1. The maximum Gasteiger partial charge on any atom is 0.339 e. The molecule has 0 amide bonds. The molecule has 1 heterocycles. The molecule has 0 atom stereocenters. The van der Waals surface area contributed by atoms with E-state index in [9.17, 15) is 4.79 Å². The van der Waals surface area contributed by atoms with E-state index in [1.165, 1.54) is 0 Å². The van der Waals surface area contributed by atoms with Gasteiger partial charge in [0.1, 0.15) is 0 Å². The molecule has 0 aliphatic rings. The summed E-state index contributed by atoms with van der Waals surface area (Å²) >= 11 is 0. The number of hydrogen-bond acceptors (Lipinski definition) is 2. The Kier molecular flexibility index (Phi) is 4.49. The highest BCUT2D eigenvalue weighted by Gasteiger charge is 2.12. The number of unbranched alkanes of at least 4 members (excludes halogenated alkanes) is 1. The maximum absolute atomic E-state index is 11.5. The number of aryl methyl sites for hydroxylation is 1. The van der Waals surface area contributed by atoms with E-state index in [1.54, 1.807) is 19.2 Å². The van der Waals surface area contributed by atoms with Crippen molar-refractivity contribution in [2.75, 3.05) is 6.61 Å². The van der Waals surface area contributed by atoms with Gasteiger partial charge >= 0.3 is 5.97 Å². The van der Waals surface area contributed by atoms with Crippen LogP contribution in [0.25, 0.3) is 0 Å². The molecular weight excluding hydrogens is 190 g/mol. The first-order valence-electron chi connectivity index (χ1n) is 5.06. The zero-order valence-electron chi connectivity index (χ0n) is 8.88. The van der Waals surface area contributed by atoms with Crippen LogP contribution in [0.5, 0.6) is 0 Å². The quantitative estimate of drug-likeness (QED) is 0.454. The first kappa shape index (κ1) is 11.4. The number of hydrogen-bond donors (Lipinski definition) is 1. The van der Waals surface area contributed by atoms with Gasteiger partial charge in [0.25, 0.3) is 0 Å². The summed E-state index contributed by atoms with van der Waals surface area (Å²) in [6, 6.07) is 1.74. The molecule has 0 unspecified atom stereocenters. The smallest absolute Gasteiger partial charge is 0.339 e. The van der Waals surface area contributed by atoms with Gasteiger partial charge in [-0.05, 0) is 25.8 Å². The van der Waals surface area contributed by atoms with Gasteiger partial charge in [-0.25, -0.2) is 4.79 Å². The van der Waals surface area contributed by atoms with Gasteiger partial charge in [-0.1, -0.05) is 0 Å². The molecule has 80 valence electrons. The van der Waals surface area contributed by atoms with Crippen molar-refractivity contribution in [1.82, 2.24) is 4.98 Å². The molecule has 0 spiro atoms. The van der Waals surface area contributed by atoms with E-state index in [2.05, 4.69) is 10.9 Å². The van der Waals surface area contributed by atoms with Gasteiger partial charge in [-0.3, -0.25) is 0 Å². The van der Waals surface area contributed by atoms with Crippen LogP contribution in [0.2, 0.25) is 0 Å². The van der Waals surface area contributed by atoms with Gasteiger partial charge in [0, 0.05) is 18.3 Å². The average Bonchev–Trinajstić information content (AvgIpc) is 2.67. The molecule has 0 saturated carbocycles. The number of nitrogens with one attached hydrogen (secondary N) is 1. The van der Waals surface area contributed by atoms with Crippen molar-refractivity contribution in [2.45, 2.75) is 26.2 Å². The third-order valence-corrected chi connectivity index (χ3v) is 2.08. The van der Waals surface area contributed by atoms with Gasteiger partial charge in [0.05, 0.1) is 12.2 Å². The third-order valence-electron chi connectivity index (χ3n) is 2.08. The lowest BCUT2D eigenvalue weighted by Crippen LogP contribution is -2.06. The van der Waals surface area contributed by atoms with Crippen LogP contribution < -0.4 is 0 Å². The van der Waals surface area contributed by atoms with Gasteiger partial charge in [0.15, 0.2) is 0 Å². The molecular formula is C12H15NO2. The van der Waals surface area contributed by atoms with Crippen molar-refractivity contribution in [3.05, 3.63) is 23.5 Å². The lowest BCUT2D eigenvalue weighted by Gasteiger charge is -2.02. The van der Waals surface area contributed by atoms with Crippen LogP contribution in [0.3, 0.4) is 0 Å². The van der Waals surface area contributed by atoms with E-state index >= 15 is 0 Å². The molecule has 1 aromatic heterocycles. The predicted octanol–water partition coefficient (Wildman–Crippen LogP) is 2.15. The van der Waals surface area contributed by atoms with Crippen molar-refractivity contribution >= 4 is 5.97 Å². The van der Waals surface area contributed by atoms with E-state index in [0.717, 1.165) is 25.0 Å². The summed E-state index contributed by atoms with van der Waals surface area (Å²) in [7, 11) is 0. The Hall–Kier alpha value is -1.69. The summed E-state index contributed by atoms with van der Waals surface area (Å²) in [6.45, 7) is 2.19. The second-order valence-corrected chi connectivity index (χ2v) is 3.15. The number of aromatic nitrogens is 1. The Bertz CT molecular complexity index is 360. The van der Waals surface area contributed by atoms with Crippen LogP contribution in [0.1, 0.15) is 35.8 Å². The Morgan fingerprint density at radius 2 is 2.47 bits per heavy atom. The summed E-state index contributed by atoms with van der Waals surface area (Å²) in [6.07, 6.45) is 9.29. The molecule has 15 heavy (non-hydrogen) atoms. The summed E-state index contributed by atoms with van der Waals surface area (Å²) in [4.78, 5) is 14.5. The molecule has 0 aliphatic carbocycles. The Balaban J connectivity index is 2.61. The SMILES string of the molecule is C#CCCCc1[nH]ccc1C(=O)OCC. The summed E-state index contributed by atoms with van der Waals surface area (Å²) in [5.41, 5.74) is 1.53. The number of rotatable bonds is 5. The van der Waals surface area contributed by atoms with Crippen molar-refractivity contribution in [3.8, 4) is 12.3 Å². The van der Waals surface area contributed by atoms with E-state index in [-0.39, 0.29) is 5.97 Å². The van der Waals surface area contributed by atoms with Crippen molar-refractivity contribution < 1.29 is 9.53 Å². The average molecular weight is 205 g/mol. The fraction of sp³-hybridized carbons (Fsp3) is 0.417. The Labute approximate surface area is 89.8 Å². The second kappa shape index (κ2) is 5.92. The summed E-state index contributed by atoms with van der Waals surface area (Å²) < 4.78 is 4.93. The second-order valence-electron chi connectivity index (χ2n) is 3.15. The minimum atomic E-state index is -0.269. The highest BCUT2D eigenvalue weighted by Crippen LogP contribution is 2.11. The molecule has 0 bridgehead atoms. The molecule has 1 rings (SSSR count). The van der Waals surface area contributed by atoms with Gasteiger partial charge in [-0.2, -0.15) is 0 Å². The fourth-order valence-electron chi connectivity index (χ4n) is 1.38. The lowest BCUT2D eigenvalue weighted by atomic mass is 10.1. The minimum absolute atomic E-state index is 0.269. The monoisotopic (exact) mass is 205 g/mol. The fourth-order valence-corrected chi connectivity index (χ4v) is 1.38. The Morgan fingerprint density at radius 1 is 1.67 bits per heavy atom. The number of ether oxygens (including phenoxy) is 1. The van der Waals surface area contributed by atoms with Crippen LogP contribution in [-0.4, -0.2) is 17.6 Å². The first-order chi connectivity index (χ1) is 7.29. The largest absolute Gasteiger partial charge is 0.462 e. The first-order valence-corrected chi connectivity index (χ1v) is 5.06. The van der Waals surface area contributed by atoms with Gasteiger partial charge in [-0.15, -0.1) is 12.3 Å². The van der Waals surface area contributed by atoms with Crippen LogP contribution in [0, 0.1) is 12.3 Å². The summed E-state index contributed by atoms with van der Waals surface area (Å²) in [5.74, 6) is 2.30. The number of carbonyl (C=O) groups is 1. The molecule has 3 nitrogen and oxygen atoms in total. The van der Waals surface area contributed by atoms with Crippen molar-refractivity contribution in [1.29, 1.82) is 0 Å². The van der Waals surface area contributed by atoms with E-state index in [1.807, 2.05) is 0 Å². The number of carbonyl (C=O) groups excluding carboxylic acids is 1. The van der Waals surface area contributed by atoms with Crippen molar-refractivity contribution in [3.63, 3.8) is 0 Å². The molecule has 0 aromatic carbocycles. The third kappa shape index (κ3) is 3.17. The van der Waals surface area contributed by atoms with Crippen LogP contribution in [-0.2, 0) is 11.2 Å². The maximum atomic E-state index is 11.5. The molecule has 0 saturated heterocycles. The molecule has 1 aromatic rings. The highest BCUT2D eigenvalue weighted by molar-refractivity contribution is 5.90. The van der Waals surface area contributed by atoms with Crippen LogP contribution in [0.4, 0.5) is 0 Å². The zero-order valence-corrected chi connectivity index (χ0v) is 8.88. The van der Waals surface area contributed by atoms with Gasteiger partial charge < -0.3 is 9.72 Å². The van der Waals surface area contributed by atoms with E-state index in [4.69, 9.17) is 11.2 Å². The van der Waals surface area contributed by atoms with E-state index in [0.29, 0.717) is 12.2 Å². The lowest BCUT2D eigenvalue weighted by molar-refractivity contribution is 0.0525. The molecule has 0 fully saturated rings. The molecule has 0 aliphatic heterocycles. The number of esters is 1. The number of aromatic amines is 1. The van der Waals surface area contributed by atoms with E-state index < -0.39 is 0 Å². The number of terminal acetylenes is 1. The predicted molar refractivity (Wildman–Crippen MR) is 58.5 cm³/mol. The topological polar surface area (TPSA) is 42.1 Å². The molecule has 0 radical (unpaired) electrons. The van der Waals surface area contributed by atoms with Crippen LogP contribution in [0.15, 0.2) is 12.3 Å². The molecule has 1 N–H and O–H groups in total. The highest BCUT2D eigenvalue weighted by atomic mass is 16.5.